The van der Waals surface area contributed by atoms with Gasteiger partial charge in [0.2, 0.25) is 0 Å². The summed E-state index contributed by atoms with van der Waals surface area (Å²) in [4.78, 5) is 49.5. The molecule has 2 aromatic carbocycles. The van der Waals surface area contributed by atoms with Crippen molar-refractivity contribution in [3.63, 3.8) is 0 Å². The number of nitrogens with zero attached hydrogens (tertiary/aromatic N) is 2. The van der Waals surface area contributed by atoms with Gasteiger partial charge in [0, 0.05) is 17.6 Å². The number of urea groups is 1. The Bertz CT molecular complexity index is 1190. The monoisotopic (exact) mass is 401 g/mol. The molecule has 1 fully saturated rings. The van der Waals surface area contributed by atoms with Crippen molar-refractivity contribution < 1.29 is 24.3 Å². The van der Waals surface area contributed by atoms with E-state index in [0.29, 0.717) is 17.1 Å². The average molecular weight is 401 g/mol. The minimum Gasteiger partial charge on any atom is -0.478 e. The number of para-hydroxylation sites is 1. The smallest absolute Gasteiger partial charge is 0.335 e. The summed E-state index contributed by atoms with van der Waals surface area (Å²) < 4.78 is 1.70. The molecule has 1 saturated heterocycles. The van der Waals surface area contributed by atoms with Gasteiger partial charge in [-0.15, -0.1) is 0 Å². The molecule has 148 valence electrons. The highest BCUT2D eigenvalue weighted by Crippen LogP contribution is 2.23. The van der Waals surface area contributed by atoms with Gasteiger partial charge in [-0.2, -0.15) is 0 Å². The summed E-state index contributed by atoms with van der Waals surface area (Å²) in [5.74, 6) is -2.55. The summed E-state index contributed by atoms with van der Waals surface area (Å²) in [6.07, 6.45) is 3.11. The number of rotatable bonds is 4. The van der Waals surface area contributed by atoms with Gasteiger partial charge < -0.3 is 9.67 Å². The third kappa shape index (κ3) is 3.37. The van der Waals surface area contributed by atoms with Crippen LogP contribution in [0.2, 0.25) is 0 Å². The molecule has 0 spiro atoms. The van der Waals surface area contributed by atoms with E-state index in [0.717, 1.165) is 4.90 Å². The summed E-state index contributed by atoms with van der Waals surface area (Å²) in [6.45, 7) is 0. The second kappa shape index (κ2) is 7.51. The fourth-order valence-electron chi connectivity index (χ4n) is 3.13. The van der Waals surface area contributed by atoms with Crippen LogP contribution in [0.15, 0.2) is 78.5 Å². The minimum absolute atomic E-state index is 0.143. The number of barbiturate groups is 1. The normalized spacial score (nSPS) is 15.4. The second-order valence-electron chi connectivity index (χ2n) is 6.45. The molecule has 8 heteroatoms. The Kier molecular flexibility index (Phi) is 4.73. The van der Waals surface area contributed by atoms with Gasteiger partial charge in [0.05, 0.1) is 11.3 Å². The predicted molar refractivity (Wildman–Crippen MR) is 108 cm³/mol. The number of hydrogen-bond donors (Lipinski definition) is 2. The van der Waals surface area contributed by atoms with Crippen molar-refractivity contribution in [1.29, 1.82) is 0 Å². The highest BCUT2D eigenvalue weighted by Gasteiger charge is 2.36. The van der Waals surface area contributed by atoms with Gasteiger partial charge in [0.15, 0.2) is 0 Å². The van der Waals surface area contributed by atoms with Crippen molar-refractivity contribution in [2.24, 2.45) is 0 Å². The Labute approximate surface area is 170 Å². The first-order chi connectivity index (χ1) is 14.5. The van der Waals surface area contributed by atoms with Gasteiger partial charge >= 0.3 is 12.0 Å². The summed E-state index contributed by atoms with van der Waals surface area (Å²) in [6, 6.07) is 17.1. The van der Waals surface area contributed by atoms with Crippen LogP contribution in [-0.4, -0.2) is 33.5 Å². The van der Waals surface area contributed by atoms with Gasteiger partial charge in [0.1, 0.15) is 5.57 Å². The summed E-state index contributed by atoms with van der Waals surface area (Å²) >= 11 is 0. The van der Waals surface area contributed by atoms with Crippen LogP contribution in [0.5, 0.6) is 0 Å². The van der Waals surface area contributed by atoms with Gasteiger partial charge in [-0.05, 0) is 54.6 Å². The fraction of sp³-hybridized carbons (Fsp3) is 0. The highest BCUT2D eigenvalue weighted by atomic mass is 16.4. The van der Waals surface area contributed by atoms with E-state index in [1.165, 1.54) is 18.2 Å². The predicted octanol–water partition coefficient (Wildman–Crippen LogP) is 2.84. The molecule has 0 radical (unpaired) electrons. The quantitative estimate of drug-likeness (QED) is 0.516. The van der Waals surface area contributed by atoms with E-state index in [2.05, 4.69) is 5.32 Å². The van der Waals surface area contributed by atoms with Crippen LogP contribution >= 0.6 is 0 Å². The number of imide groups is 2. The van der Waals surface area contributed by atoms with Crippen molar-refractivity contribution in [3.05, 3.63) is 89.8 Å². The largest absolute Gasteiger partial charge is 0.478 e. The number of anilines is 1. The third-order valence-corrected chi connectivity index (χ3v) is 4.58. The fourth-order valence-corrected chi connectivity index (χ4v) is 3.13. The number of carboxylic acid groups (broad SMARTS) is 1. The number of hydrogen-bond acceptors (Lipinski definition) is 4. The molecular formula is C22H15N3O5. The van der Waals surface area contributed by atoms with Crippen LogP contribution < -0.4 is 10.2 Å². The Morgan fingerprint density at radius 1 is 0.867 bits per heavy atom. The molecule has 0 unspecified atom stereocenters. The molecule has 4 amide bonds. The number of carboxylic acids is 1. The first kappa shape index (κ1) is 18.9. The molecule has 0 aliphatic carbocycles. The molecule has 1 aromatic heterocycles. The molecular weight excluding hydrogens is 386 g/mol. The van der Waals surface area contributed by atoms with Crippen molar-refractivity contribution >= 4 is 35.6 Å². The zero-order valence-electron chi connectivity index (χ0n) is 15.5. The topological polar surface area (TPSA) is 109 Å². The molecule has 8 nitrogen and oxygen atoms in total. The van der Waals surface area contributed by atoms with Crippen LogP contribution in [0.25, 0.3) is 11.8 Å². The van der Waals surface area contributed by atoms with Crippen molar-refractivity contribution in [2.75, 3.05) is 4.90 Å². The summed E-state index contributed by atoms with van der Waals surface area (Å²) in [7, 11) is 0. The minimum atomic E-state index is -1.04. The van der Waals surface area contributed by atoms with E-state index in [9.17, 15) is 19.2 Å². The lowest BCUT2D eigenvalue weighted by atomic mass is 10.1. The van der Waals surface area contributed by atoms with Crippen LogP contribution in [-0.2, 0) is 9.59 Å². The summed E-state index contributed by atoms with van der Waals surface area (Å²) in [5, 5.41) is 11.2. The molecule has 2 N–H and O–H groups in total. The van der Waals surface area contributed by atoms with Gasteiger partial charge in [0.25, 0.3) is 11.8 Å². The van der Waals surface area contributed by atoms with Gasteiger partial charge in [-0.1, -0.05) is 18.2 Å². The number of carbonyl (C=O) groups is 4. The summed E-state index contributed by atoms with van der Waals surface area (Å²) in [5.41, 5.74) is 1.46. The van der Waals surface area contributed by atoms with Crippen LogP contribution in [0.1, 0.15) is 16.1 Å². The Morgan fingerprint density at radius 3 is 2.23 bits per heavy atom. The standard InChI is InChI=1S/C22H15N3O5/c26-19-18(20(27)25(22(30)23-19)16-5-2-1-3-6-16)13-17-7-4-12-24(17)15-10-8-14(9-11-15)21(28)29/h1-13H,(H,28,29)(H,23,26,30). The first-order valence-electron chi connectivity index (χ1n) is 8.93. The Hall–Kier alpha value is -4.46. The Balaban J connectivity index is 1.72. The molecule has 0 atom stereocenters. The van der Waals surface area contributed by atoms with E-state index < -0.39 is 23.8 Å². The molecule has 3 aromatic rings. The van der Waals surface area contributed by atoms with Crippen molar-refractivity contribution in [2.45, 2.75) is 0 Å². The lowest BCUT2D eigenvalue weighted by molar-refractivity contribution is -0.122. The van der Waals surface area contributed by atoms with E-state index in [-0.39, 0.29) is 11.1 Å². The number of benzene rings is 2. The molecule has 1 aliphatic heterocycles. The number of aromatic carboxylic acids is 1. The zero-order valence-corrected chi connectivity index (χ0v) is 15.5. The molecule has 0 bridgehead atoms. The first-order valence-corrected chi connectivity index (χ1v) is 8.93. The maximum absolute atomic E-state index is 12.9. The second-order valence-corrected chi connectivity index (χ2v) is 6.45. The third-order valence-electron chi connectivity index (χ3n) is 4.58. The number of nitrogens with one attached hydrogen (secondary N) is 1. The Morgan fingerprint density at radius 2 is 1.57 bits per heavy atom. The van der Waals surface area contributed by atoms with E-state index in [1.54, 1.807) is 65.4 Å². The van der Waals surface area contributed by atoms with Crippen LogP contribution in [0, 0.1) is 0 Å². The van der Waals surface area contributed by atoms with Crippen molar-refractivity contribution in [1.82, 2.24) is 9.88 Å². The average Bonchev–Trinajstić information content (AvgIpc) is 3.20. The molecule has 0 saturated carbocycles. The molecule has 1 aliphatic rings. The maximum Gasteiger partial charge on any atom is 0.335 e. The lowest BCUT2D eigenvalue weighted by Crippen LogP contribution is -2.54. The molecule has 30 heavy (non-hydrogen) atoms. The van der Waals surface area contributed by atoms with E-state index in [1.807, 2.05) is 0 Å². The van der Waals surface area contributed by atoms with Crippen LogP contribution in [0.3, 0.4) is 0 Å². The lowest BCUT2D eigenvalue weighted by Gasteiger charge is -2.26. The van der Waals surface area contributed by atoms with Gasteiger partial charge in [-0.3, -0.25) is 14.9 Å². The van der Waals surface area contributed by atoms with E-state index >= 15 is 0 Å². The zero-order chi connectivity index (χ0) is 21.3. The maximum atomic E-state index is 12.9. The highest BCUT2D eigenvalue weighted by molar-refractivity contribution is 6.39. The number of aromatic nitrogens is 1. The number of amides is 4. The molecule has 4 rings (SSSR count). The molecule has 2 heterocycles. The number of carbonyl (C=O) groups excluding carboxylic acids is 3. The van der Waals surface area contributed by atoms with Crippen molar-refractivity contribution in [3.8, 4) is 5.69 Å². The van der Waals surface area contributed by atoms with Crippen LogP contribution in [0.4, 0.5) is 10.5 Å². The van der Waals surface area contributed by atoms with E-state index in [4.69, 9.17) is 5.11 Å². The van der Waals surface area contributed by atoms with Gasteiger partial charge in [-0.25, -0.2) is 14.5 Å². The SMILES string of the molecule is O=C1NC(=O)N(c2ccccc2)C(=O)C1=Cc1cccn1-c1ccc(C(=O)O)cc1.